The fourth-order valence-corrected chi connectivity index (χ4v) is 2.61. The summed E-state index contributed by atoms with van der Waals surface area (Å²) < 4.78 is 32.8. The van der Waals surface area contributed by atoms with Crippen LogP contribution in [-0.4, -0.2) is 33.9 Å². The lowest BCUT2D eigenvalue weighted by molar-refractivity contribution is 0.413. The topological polar surface area (TPSA) is 58.6 Å². The Labute approximate surface area is 115 Å². The van der Waals surface area contributed by atoms with Crippen molar-refractivity contribution in [3.05, 3.63) is 29.8 Å². The highest BCUT2D eigenvalue weighted by molar-refractivity contribution is 7.87. The van der Waals surface area contributed by atoms with Crippen molar-refractivity contribution < 1.29 is 13.2 Å². The molecule has 6 heteroatoms. The van der Waals surface area contributed by atoms with Gasteiger partial charge in [0.1, 0.15) is 5.75 Å². The Balaban J connectivity index is 3.01. The number of hydrogen-bond donors (Lipinski definition) is 1. The first-order valence-corrected chi connectivity index (χ1v) is 7.55. The molecule has 0 radical (unpaired) electrons. The average molecular weight is 286 g/mol. The molecule has 1 N–H and O–H groups in total. The number of methoxy groups -OCH3 is 1. The summed E-state index contributed by atoms with van der Waals surface area (Å²) in [6.45, 7) is 3.96. The highest BCUT2D eigenvalue weighted by Gasteiger charge is 2.23. The van der Waals surface area contributed by atoms with E-state index in [4.69, 9.17) is 4.74 Å². The number of nitrogens with zero attached hydrogens (tertiary/aromatic N) is 1. The van der Waals surface area contributed by atoms with Crippen LogP contribution in [0, 0.1) is 5.92 Å². The summed E-state index contributed by atoms with van der Waals surface area (Å²) in [5.74, 6) is 0.893. The van der Waals surface area contributed by atoms with Crippen LogP contribution in [0.3, 0.4) is 0 Å². The molecule has 19 heavy (non-hydrogen) atoms. The van der Waals surface area contributed by atoms with Gasteiger partial charge in [0, 0.05) is 14.1 Å². The van der Waals surface area contributed by atoms with E-state index in [0.29, 0.717) is 0 Å². The van der Waals surface area contributed by atoms with E-state index in [0.717, 1.165) is 11.3 Å². The van der Waals surface area contributed by atoms with Crippen molar-refractivity contribution in [3.63, 3.8) is 0 Å². The smallest absolute Gasteiger partial charge is 0.279 e. The molecular formula is C13H22N2O3S. The van der Waals surface area contributed by atoms with Crippen molar-refractivity contribution in [1.82, 2.24) is 9.03 Å². The molecular weight excluding hydrogens is 264 g/mol. The molecule has 0 aliphatic carbocycles. The molecule has 0 spiro atoms. The summed E-state index contributed by atoms with van der Waals surface area (Å²) in [5.41, 5.74) is 0.918. The second-order valence-corrected chi connectivity index (χ2v) is 6.82. The van der Waals surface area contributed by atoms with E-state index in [1.54, 1.807) is 7.11 Å². The maximum atomic E-state index is 11.9. The molecule has 0 fully saturated rings. The zero-order valence-electron chi connectivity index (χ0n) is 12.0. The fourth-order valence-electron chi connectivity index (χ4n) is 1.67. The van der Waals surface area contributed by atoms with Crippen LogP contribution in [0.5, 0.6) is 5.75 Å². The van der Waals surface area contributed by atoms with Gasteiger partial charge in [0.05, 0.1) is 13.2 Å². The molecule has 0 aromatic heterocycles. The third-order valence-corrected chi connectivity index (χ3v) is 4.41. The number of benzene rings is 1. The molecule has 0 aliphatic rings. The Morgan fingerprint density at radius 1 is 1.16 bits per heavy atom. The van der Waals surface area contributed by atoms with E-state index >= 15 is 0 Å². The molecule has 0 saturated carbocycles. The number of rotatable bonds is 6. The molecule has 1 unspecified atom stereocenters. The minimum atomic E-state index is -3.45. The maximum absolute atomic E-state index is 11.9. The average Bonchev–Trinajstić information content (AvgIpc) is 2.35. The van der Waals surface area contributed by atoms with Gasteiger partial charge in [-0.1, -0.05) is 26.0 Å². The summed E-state index contributed by atoms with van der Waals surface area (Å²) in [7, 11) is 1.16. The first-order chi connectivity index (χ1) is 8.77. The Kier molecular flexibility index (Phi) is 5.34. The predicted octanol–water partition coefficient (Wildman–Crippen LogP) is 1.79. The first-order valence-electron chi connectivity index (χ1n) is 6.11. The lowest BCUT2D eigenvalue weighted by atomic mass is 9.97. The number of hydrogen-bond acceptors (Lipinski definition) is 3. The molecule has 5 nitrogen and oxygen atoms in total. The Morgan fingerprint density at radius 3 is 2.05 bits per heavy atom. The van der Waals surface area contributed by atoms with E-state index in [-0.39, 0.29) is 12.0 Å². The zero-order chi connectivity index (χ0) is 14.6. The minimum Gasteiger partial charge on any atom is -0.497 e. The van der Waals surface area contributed by atoms with Gasteiger partial charge in [-0.15, -0.1) is 0 Å². The summed E-state index contributed by atoms with van der Waals surface area (Å²) >= 11 is 0. The van der Waals surface area contributed by atoms with Crippen LogP contribution >= 0.6 is 0 Å². The third-order valence-electron chi connectivity index (χ3n) is 2.90. The molecule has 1 aromatic carbocycles. The molecule has 0 amide bonds. The standard InChI is InChI=1S/C13H22N2O3S/c1-10(2)13(14-19(16,17)15(3)4)11-6-8-12(18-5)9-7-11/h6-10,13-14H,1-5H3. The van der Waals surface area contributed by atoms with E-state index in [1.807, 2.05) is 38.1 Å². The first kappa shape index (κ1) is 15.9. The van der Waals surface area contributed by atoms with Gasteiger partial charge in [0.25, 0.3) is 10.2 Å². The molecule has 108 valence electrons. The van der Waals surface area contributed by atoms with Crippen molar-refractivity contribution in [2.45, 2.75) is 19.9 Å². The van der Waals surface area contributed by atoms with Crippen molar-refractivity contribution >= 4 is 10.2 Å². The highest BCUT2D eigenvalue weighted by atomic mass is 32.2. The van der Waals surface area contributed by atoms with E-state index < -0.39 is 10.2 Å². The largest absolute Gasteiger partial charge is 0.497 e. The second kappa shape index (κ2) is 6.36. The van der Waals surface area contributed by atoms with Gasteiger partial charge in [-0.3, -0.25) is 0 Å². The normalized spacial score (nSPS) is 13.8. The maximum Gasteiger partial charge on any atom is 0.279 e. The van der Waals surface area contributed by atoms with Gasteiger partial charge in [0.15, 0.2) is 0 Å². The minimum absolute atomic E-state index is 0.142. The van der Waals surface area contributed by atoms with Crippen LogP contribution in [0.15, 0.2) is 24.3 Å². The summed E-state index contributed by atoms with van der Waals surface area (Å²) in [4.78, 5) is 0. The van der Waals surface area contributed by atoms with Gasteiger partial charge in [-0.25, -0.2) is 0 Å². The van der Waals surface area contributed by atoms with Crippen LogP contribution in [0.25, 0.3) is 0 Å². The second-order valence-electron chi connectivity index (χ2n) is 4.90. The van der Waals surface area contributed by atoms with Gasteiger partial charge in [0.2, 0.25) is 0 Å². The Morgan fingerprint density at radius 2 is 1.68 bits per heavy atom. The fraction of sp³-hybridized carbons (Fsp3) is 0.538. The Hall–Kier alpha value is -1.11. The molecule has 1 atom stereocenters. The van der Waals surface area contributed by atoms with Gasteiger partial charge < -0.3 is 4.74 Å². The van der Waals surface area contributed by atoms with Gasteiger partial charge >= 0.3 is 0 Å². The summed E-state index contributed by atoms with van der Waals surface area (Å²) in [5, 5.41) is 0. The molecule has 0 heterocycles. The van der Waals surface area contributed by atoms with Gasteiger partial charge in [-0.05, 0) is 23.6 Å². The van der Waals surface area contributed by atoms with Gasteiger partial charge in [-0.2, -0.15) is 17.4 Å². The van der Waals surface area contributed by atoms with E-state index in [9.17, 15) is 8.42 Å². The highest BCUT2D eigenvalue weighted by Crippen LogP contribution is 2.24. The lowest BCUT2D eigenvalue weighted by Crippen LogP contribution is -2.39. The molecule has 1 aromatic rings. The van der Waals surface area contributed by atoms with Crippen LogP contribution in [-0.2, 0) is 10.2 Å². The molecule has 0 saturated heterocycles. The van der Waals surface area contributed by atoms with Crippen molar-refractivity contribution in [3.8, 4) is 5.75 Å². The van der Waals surface area contributed by atoms with E-state index in [1.165, 1.54) is 18.4 Å². The molecule has 0 bridgehead atoms. The van der Waals surface area contributed by atoms with Crippen molar-refractivity contribution in [2.75, 3.05) is 21.2 Å². The SMILES string of the molecule is COc1ccc(C(NS(=O)(=O)N(C)C)C(C)C)cc1. The monoisotopic (exact) mass is 286 g/mol. The summed E-state index contributed by atoms with van der Waals surface area (Å²) in [6, 6.07) is 7.14. The van der Waals surface area contributed by atoms with Crippen LogP contribution in [0.4, 0.5) is 0 Å². The number of nitrogens with one attached hydrogen (secondary N) is 1. The van der Waals surface area contributed by atoms with Crippen molar-refractivity contribution in [2.24, 2.45) is 5.92 Å². The zero-order valence-corrected chi connectivity index (χ0v) is 12.9. The lowest BCUT2D eigenvalue weighted by Gasteiger charge is -2.24. The number of ether oxygens (including phenoxy) is 1. The third kappa shape index (κ3) is 4.19. The van der Waals surface area contributed by atoms with Crippen molar-refractivity contribution in [1.29, 1.82) is 0 Å². The van der Waals surface area contributed by atoms with Crippen LogP contribution < -0.4 is 9.46 Å². The predicted molar refractivity (Wildman–Crippen MR) is 76.3 cm³/mol. The van der Waals surface area contributed by atoms with Crippen LogP contribution in [0.1, 0.15) is 25.5 Å². The summed E-state index contributed by atoms with van der Waals surface area (Å²) in [6.07, 6.45) is 0. The molecule has 1 rings (SSSR count). The van der Waals surface area contributed by atoms with E-state index in [2.05, 4.69) is 4.72 Å². The molecule has 0 aliphatic heterocycles. The Bertz CT molecular complexity index is 495. The van der Waals surface area contributed by atoms with Crippen LogP contribution in [0.2, 0.25) is 0 Å². The quantitative estimate of drug-likeness (QED) is 0.867.